The van der Waals surface area contributed by atoms with Gasteiger partial charge in [0.25, 0.3) is 0 Å². The van der Waals surface area contributed by atoms with Crippen LogP contribution in [0.1, 0.15) is 46.0 Å². The highest BCUT2D eigenvalue weighted by Crippen LogP contribution is 2.34. The average Bonchev–Trinajstić information content (AvgIpc) is 3.19. The van der Waals surface area contributed by atoms with Crippen molar-refractivity contribution in [2.45, 2.75) is 57.6 Å². The number of hydrogen-bond acceptors (Lipinski definition) is 3. The lowest BCUT2D eigenvalue weighted by Gasteiger charge is -2.41. The zero-order valence-electron chi connectivity index (χ0n) is 12.4. The van der Waals surface area contributed by atoms with Crippen molar-refractivity contribution in [3.63, 3.8) is 0 Å². The van der Waals surface area contributed by atoms with Crippen LogP contribution in [0.25, 0.3) is 0 Å². The van der Waals surface area contributed by atoms with Crippen LogP contribution in [0.4, 0.5) is 0 Å². The summed E-state index contributed by atoms with van der Waals surface area (Å²) in [6.45, 7) is 9.22. The van der Waals surface area contributed by atoms with E-state index in [9.17, 15) is 0 Å². The molecule has 2 fully saturated rings. The van der Waals surface area contributed by atoms with Crippen LogP contribution in [-0.4, -0.2) is 49.8 Å². The van der Waals surface area contributed by atoms with Crippen LogP contribution in [0.5, 0.6) is 0 Å². The van der Waals surface area contributed by atoms with Crippen molar-refractivity contribution in [1.29, 1.82) is 0 Å². The molecule has 1 aliphatic heterocycles. The second-order valence-electron chi connectivity index (χ2n) is 6.39. The molecule has 0 radical (unpaired) electrons. The molecule has 0 aromatic rings. The quantitative estimate of drug-likeness (QED) is 0.754. The zero-order chi connectivity index (χ0) is 13.0. The van der Waals surface area contributed by atoms with Gasteiger partial charge >= 0.3 is 0 Å². The molecule has 0 bridgehead atoms. The van der Waals surface area contributed by atoms with Crippen LogP contribution in [0.3, 0.4) is 0 Å². The van der Waals surface area contributed by atoms with E-state index in [0.29, 0.717) is 6.04 Å². The maximum absolute atomic E-state index is 5.69. The van der Waals surface area contributed by atoms with E-state index >= 15 is 0 Å². The van der Waals surface area contributed by atoms with Gasteiger partial charge in [-0.05, 0) is 58.0 Å². The van der Waals surface area contributed by atoms with E-state index in [2.05, 4.69) is 24.1 Å². The highest BCUT2D eigenvalue weighted by molar-refractivity contribution is 4.91. The number of nitrogens with zero attached hydrogens (tertiary/aromatic N) is 1. The molecule has 1 aliphatic carbocycles. The third-order valence-corrected chi connectivity index (χ3v) is 4.53. The molecule has 3 heteroatoms. The molecule has 18 heavy (non-hydrogen) atoms. The predicted octanol–water partition coefficient (Wildman–Crippen LogP) is 2.27. The van der Waals surface area contributed by atoms with Gasteiger partial charge in [-0.2, -0.15) is 0 Å². The minimum Gasteiger partial charge on any atom is -0.377 e. The molecule has 1 saturated carbocycles. The first-order valence-electron chi connectivity index (χ1n) is 7.68. The zero-order valence-corrected chi connectivity index (χ0v) is 12.4. The summed E-state index contributed by atoms with van der Waals surface area (Å²) >= 11 is 0. The fourth-order valence-electron chi connectivity index (χ4n) is 3.12. The van der Waals surface area contributed by atoms with Crippen molar-refractivity contribution in [1.82, 2.24) is 10.2 Å². The standard InChI is InChI=1S/C15H30N2O/c1-4-9-16-14(13-6-7-13)11-17-10-5-8-15(2,12-17)18-3/h13-14,16H,4-12H2,1-3H3. The Balaban J connectivity index is 1.82. The number of rotatable bonds is 7. The fourth-order valence-corrected chi connectivity index (χ4v) is 3.12. The van der Waals surface area contributed by atoms with Gasteiger partial charge in [0.2, 0.25) is 0 Å². The van der Waals surface area contributed by atoms with Gasteiger partial charge in [0, 0.05) is 26.2 Å². The van der Waals surface area contributed by atoms with Crippen molar-refractivity contribution in [3.8, 4) is 0 Å². The number of piperidine rings is 1. The highest BCUT2D eigenvalue weighted by Gasteiger charge is 2.35. The molecule has 3 nitrogen and oxygen atoms in total. The Morgan fingerprint density at radius 2 is 2.22 bits per heavy atom. The summed E-state index contributed by atoms with van der Waals surface area (Å²) in [6, 6.07) is 0.712. The first kappa shape index (κ1) is 14.3. The van der Waals surface area contributed by atoms with Crippen molar-refractivity contribution in [2.75, 3.05) is 33.3 Å². The van der Waals surface area contributed by atoms with E-state index in [0.717, 1.165) is 19.0 Å². The maximum atomic E-state index is 5.69. The van der Waals surface area contributed by atoms with Gasteiger partial charge in [-0.1, -0.05) is 6.92 Å². The Labute approximate surface area is 112 Å². The van der Waals surface area contributed by atoms with E-state index in [1.807, 2.05) is 7.11 Å². The Bertz CT molecular complexity index is 255. The number of methoxy groups -OCH3 is 1. The number of nitrogens with one attached hydrogen (secondary N) is 1. The summed E-state index contributed by atoms with van der Waals surface area (Å²) < 4.78 is 5.69. The van der Waals surface area contributed by atoms with Crippen molar-refractivity contribution < 1.29 is 4.74 Å². The van der Waals surface area contributed by atoms with Gasteiger partial charge < -0.3 is 10.1 Å². The van der Waals surface area contributed by atoms with E-state index in [1.165, 1.54) is 45.2 Å². The molecule has 2 atom stereocenters. The molecule has 1 heterocycles. The van der Waals surface area contributed by atoms with Gasteiger partial charge in [0.05, 0.1) is 5.60 Å². The van der Waals surface area contributed by atoms with Gasteiger partial charge in [-0.25, -0.2) is 0 Å². The Hall–Kier alpha value is -0.120. The van der Waals surface area contributed by atoms with E-state index in [-0.39, 0.29) is 5.60 Å². The summed E-state index contributed by atoms with van der Waals surface area (Å²) in [4.78, 5) is 2.61. The number of ether oxygens (including phenoxy) is 1. The van der Waals surface area contributed by atoms with E-state index in [1.54, 1.807) is 0 Å². The highest BCUT2D eigenvalue weighted by atomic mass is 16.5. The van der Waals surface area contributed by atoms with Gasteiger partial charge in [0.15, 0.2) is 0 Å². The van der Waals surface area contributed by atoms with Crippen LogP contribution in [-0.2, 0) is 4.74 Å². The molecular weight excluding hydrogens is 224 g/mol. The van der Waals surface area contributed by atoms with E-state index in [4.69, 9.17) is 4.74 Å². The lowest BCUT2D eigenvalue weighted by molar-refractivity contribution is -0.0527. The Morgan fingerprint density at radius 3 is 2.83 bits per heavy atom. The summed E-state index contributed by atoms with van der Waals surface area (Å²) in [5, 5.41) is 3.74. The van der Waals surface area contributed by atoms with Crippen LogP contribution in [0.2, 0.25) is 0 Å². The Morgan fingerprint density at radius 1 is 1.44 bits per heavy atom. The van der Waals surface area contributed by atoms with Crippen molar-refractivity contribution >= 4 is 0 Å². The summed E-state index contributed by atoms with van der Waals surface area (Å²) in [6.07, 6.45) is 6.57. The first-order chi connectivity index (χ1) is 8.67. The fraction of sp³-hybridized carbons (Fsp3) is 1.00. The van der Waals surface area contributed by atoms with Gasteiger partial charge in [0.1, 0.15) is 0 Å². The monoisotopic (exact) mass is 254 g/mol. The predicted molar refractivity (Wildman–Crippen MR) is 75.9 cm³/mol. The largest absolute Gasteiger partial charge is 0.377 e. The summed E-state index contributed by atoms with van der Waals surface area (Å²) in [7, 11) is 1.86. The molecule has 1 N–H and O–H groups in total. The molecule has 106 valence electrons. The smallest absolute Gasteiger partial charge is 0.0777 e. The third kappa shape index (κ3) is 3.94. The molecule has 0 amide bonds. The second kappa shape index (κ2) is 6.36. The molecule has 0 aromatic heterocycles. The van der Waals surface area contributed by atoms with Gasteiger partial charge in [-0.15, -0.1) is 0 Å². The lowest BCUT2D eigenvalue weighted by Crippen LogP contribution is -2.52. The number of likely N-dealkylation sites (tertiary alicyclic amines) is 1. The maximum Gasteiger partial charge on any atom is 0.0777 e. The van der Waals surface area contributed by atoms with Crippen LogP contribution < -0.4 is 5.32 Å². The normalized spacial score (nSPS) is 31.5. The Kier molecular flexibility index (Phi) is 5.05. The molecule has 0 spiro atoms. The minimum atomic E-state index is 0.0805. The van der Waals surface area contributed by atoms with Crippen LogP contribution in [0, 0.1) is 5.92 Å². The van der Waals surface area contributed by atoms with Crippen molar-refractivity contribution in [2.24, 2.45) is 5.92 Å². The van der Waals surface area contributed by atoms with E-state index < -0.39 is 0 Å². The average molecular weight is 254 g/mol. The van der Waals surface area contributed by atoms with Gasteiger partial charge in [-0.3, -0.25) is 4.90 Å². The minimum absolute atomic E-state index is 0.0805. The molecule has 2 unspecified atom stereocenters. The molecule has 0 aromatic carbocycles. The molecule has 1 saturated heterocycles. The molecule has 2 rings (SSSR count). The SMILES string of the molecule is CCCNC(CN1CCCC(C)(OC)C1)C1CC1. The van der Waals surface area contributed by atoms with Crippen molar-refractivity contribution in [3.05, 3.63) is 0 Å². The molecular formula is C15H30N2O. The van der Waals surface area contributed by atoms with Crippen LogP contribution in [0.15, 0.2) is 0 Å². The third-order valence-electron chi connectivity index (χ3n) is 4.53. The second-order valence-corrected chi connectivity index (χ2v) is 6.39. The lowest BCUT2D eigenvalue weighted by atomic mass is 9.94. The molecule has 2 aliphatic rings. The summed E-state index contributed by atoms with van der Waals surface area (Å²) in [5.74, 6) is 0.937. The summed E-state index contributed by atoms with van der Waals surface area (Å²) in [5.41, 5.74) is 0.0805. The number of hydrogen-bond donors (Lipinski definition) is 1. The van der Waals surface area contributed by atoms with Crippen LogP contribution >= 0.6 is 0 Å². The first-order valence-corrected chi connectivity index (χ1v) is 7.68. The topological polar surface area (TPSA) is 24.5 Å².